The Morgan fingerprint density at radius 2 is 2.26 bits per heavy atom. The quantitative estimate of drug-likeness (QED) is 0.922. The Balaban J connectivity index is 2.11. The highest BCUT2D eigenvalue weighted by Crippen LogP contribution is 2.34. The van der Waals surface area contributed by atoms with Gasteiger partial charge in [0.25, 0.3) is 0 Å². The number of hydrogen-bond acceptors (Lipinski definition) is 4. The van der Waals surface area contributed by atoms with Gasteiger partial charge in [0.1, 0.15) is 0 Å². The number of aromatic nitrogens is 1. The molecular formula is C15H26N2OS. The van der Waals surface area contributed by atoms with Gasteiger partial charge in [0.2, 0.25) is 0 Å². The maximum atomic E-state index is 5.72. The fraction of sp³-hybridized carbons (Fsp3) is 0.800. The molecule has 1 saturated heterocycles. The molecule has 0 spiro atoms. The van der Waals surface area contributed by atoms with Gasteiger partial charge in [0.15, 0.2) is 0 Å². The van der Waals surface area contributed by atoms with Crippen LogP contribution < -0.4 is 5.32 Å². The van der Waals surface area contributed by atoms with Gasteiger partial charge in [0.05, 0.1) is 17.3 Å². The molecule has 0 aromatic carbocycles. The minimum Gasteiger partial charge on any atom is -0.381 e. The van der Waals surface area contributed by atoms with Gasteiger partial charge in [-0.15, -0.1) is 11.3 Å². The first kappa shape index (κ1) is 14.9. The van der Waals surface area contributed by atoms with Crippen molar-refractivity contribution >= 4 is 11.3 Å². The van der Waals surface area contributed by atoms with Crippen LogP contribution in [-0.4, -0.2) is 31.8 Å². The van der Waals surface area contributed by atoms with E-state index in [1.165, 1.54) is 23.5 Å². The van der Waals surface area contributed by atoms with Gasteiger partial charge >= 0.3 is 0 Å². The summed E-state index contributed by atoms with van der Waals surface area (Å²) in [5, 5.41) is 6.80. The number of thiazole rings is 1. The Morgan fingerprint density at radius 1 is 1.47 bits per heavy atom. The van der Waals surface area contributed by atoms with Crippen LogP contribution in [0.3, 0.4) is 0 Å². The van der Waals surface area contributed by atoms with Crippen LogP contribution in [0.1, 0.15) is 44.3 Å². The van der Waals surface area contributed by atoms with Gasteiger partial charge in [-0.3, -0.25) is 0 Å². The Labute approximate surface area is 120 Å². The van der Waals surface area contributed by atoms with Crippen molar-refractivity contribution in [2.45, 2.75) is 45.4 Å². The molecule has 0 amide bonds. The van der Waals surface area contributed by atoms with E-state index in [2.05, 4.69) is 31.5 Å². The van der Waals surface area contributed by atoms with Crippen LogP contribution in [0.5, 0.6) is 0 Å². The first-order valence-electron chi connectivity index (χ1n) is 7.12. The summed E-state index contributed by atoms with van der Waals surface area (Å²) < 4.78 is 5.72. The molecule has 1 N–H and O–H groups in total. The molecule has 1 fully saturated rings. The third-order valence-corrected chi connectivity index (χ3v) is 4.65. The predicted molar refractivity (Wildman–Crippen MR) is 80.9 cm³/mol. The zero-order valence-electron chi connectivity index (χ0n) is 12.6. The first-order valence-corrected chi connectivity index (χ1v) is 8.00. The molecule has 108 valence electrons. The second-order valence-electron chi connectivity index (χ2n) is 6.74. The molecule has 0 saturated carbocycles. The number of hydrogen-bond donors (Lipinski definition) is 1. The molecule has 1 aliphatic heterocycles. The molecule has 4 heteroatoms. The molecule has 19 heavy (non-hydrogen) atoms. The largest absolute Gasteiger partial charge is 0.381 e. The summed E-state index contributed by atoms with van der Waals surface area (Å²) in [6, 6.07) is 0. The van der Waals surface area contributed by atoms with Crippen molar-refractivity contribution in [2.24, 2.45) is 5.41 Å². The zero-order valence-corrected chi connectivity index (χ0v) is 13.4. The van der Waals surface area contributed by atoms with E-state index in [1.807, 2.05) is 7.05 Å². The Hall–Kier alpha value is -0.450. The minimum absolute atomic E-state index is 0.147. The van der Waals surface area contributed by atoms with Crippen LogP contribution in [0.15, 0.2) is 5.38 Å². The molecule has 1 aromatic heterocycles. The lowest BCUT2D eigenvalue weighted by atomic mass is 9.79. The molecule has 2 rings (SSSR count). The van der Waals surface area contributed by atoms with E-state index in [-0.39, 0.29) is 10.8 Å². The third-order valence-electron chi connectivity index (χ3n) is 3.80. The van der Waals surface area contributed by atoms with Crippen molar-refractivity contribution in [1.82, 2.24) is 10.3 Å². The van der Waals surface area contributed by atoms with Crippen molar-refractivity contribution in [3.63, 3.8) is 0 Å². The molecule has 1 aromatic rings. The van der Waals surface area contributed by atoms with Gasteiger partial charge in [-0.25, -0.2) is 4.98 Å². The van der Waals surface area contributed by atoms with Gasteiger partial charge in [-0.05, 0) is 19.9 Å². The summed E-state index contributed by atoms with van der Waals surface area (Å²) in [6.07, 6.45) is 3.44. The van der Waals surface area contributed by atoms with Crippen LogP contribution in [0, 0.1) is 5.41 Å². The highest BCUT2D eigenvalue weighted by atomic mass is 32.1. The highest BCUT2D eigenvalue weighted by molar-refractivity contribution is 7.09. The van der Waals surface area contributed by atoms with Crippen LogP contribution >= 0.6 is 11.3 Å². The lowest BCUT2D eigenvalue weighted by Crippen LogP contribution is -2.41. The average molecular weight is 282 g/mol. The molecule has 1 unspecified atom stereocenters. The van der Waals surface area contributed by atoms with Crippen molar-refractivity contribution < 1.29 is 4.74 Å². The number of rotatable bonds is 4. The van der Waals surface area contributed by atoms with Crippen LogP contribution in [-0.2, 0) is 16.6 Å². The van der Waals surface area contributed by atoms with Crippen LogP contribution in [0.25, 0.3) is 0 Å². The summed E-state index contributed by atoms with van der Waals surface area (Å²) in [7, 11) is 2.03. The summed E-state index contributed by atoms with van der Waals surface area (Å²) in [4.78, 5) is 4.84. The second-order valence-corrected chi connectivity index (χ2v) is 7.68. The molecule has 0 aliphatic carbocycles. The summed E-state index contributed by atoms with van der Waals surface area (Å²) in [5.74, 6) is 0. The maximum absolute atomic E-state index is 5.72. The topological polar surface area (TPSA) is 34.2 Å². The van der Waals surface area contributed by atoms with E-state index in [0.717, 1.165) is 26.2 Å². The van der Waals surface area contributed by atoms with Crippen molar-refractivity contribution in [3.8, 4) is 0 Å². The van der Waals surface area contributed by atoms with E-state index in [9.17, 15) is 0 Å². The third kappa shape index (κ3) is 3.77. The highest BCUT2D eigenvalue weighted by Gasteiger charge is 2.33. The second kappa shape index (κ2) is 5.90. The van der Waals surface area contributed by atoms with Crippen LogP contribution in [0.4, 0.5) is 0 Å². The lowest BCUT2D eigenvalue weighted by molar-refractivity contribution is -0.00628. The van der Waals surface area contributed by atoms with E-state index in [4.69, 9.17) is 9.72 Å². The molecule has 1 atom stereocenters. The summed E-state index contributed by atoms with van der Waals surface area (Å²) in [5.41, 5.74) is 1.59. The average Bonchev–Trinajstić information content (AvgIpc) is 2.78. The number of ether oxygens (including phenoxy) is 1. The van der Waals surface area contributed by atoms with Gasteiger partial charge < -0.3 is 10.1 Å². The standard InChI is InChI=1S/C15H26N2OS/c1-14(2,3)12-9-19-13(17-12)8-15(10-16-4)6-5-7-18-11-15/h9,16H,5-8,10-11H2,1-4H3. The van der Waals surface area contributed by atoms with Crippen molar-refractivity contribution in [2.75, 3.05) is 26.8 Å². The van der Waals surface area contributed by atoms with E-state index >= 15 is 0 Å². The predicted octanol–water partition coefficient (Wildman–Crippen LogP) is 3.00. The fourth-order valence-electron chi connectivity index (χ4n) is 2.68. The van der Waals surface area contributed by atoms with Crippen molar-refractivity contribution in [1.29, 1.82) is 0 Å². The molecule has 2 heterocycles. The molecule has 0 bridgehead atoms. The van der Waals surface area contributed by atoms with Crippen molar-refractivity contribution in [3.05, 3.63) is 16.1 Å². The van der Waals surface area contributed by atoms with E-state index in [1.54, 1.807) is 11.3 Å². The van der Waals surface area contributed by atoms with Gasteiger partial charge in [-0.1, -0.05) is 20.8 Å². The number of nitrogens with one attached hydrogen (secondary N) is 1. The maximum Gasteiger partial charge on any atom is 0.0935 e. The molecule has 0 radical (unpaired) electrons. The fourth-order valence-corrected chi connectivity index (χ4v) is 3.88. The summed E-state index contributed by atoms with van der Waals surface area (Å²) >= 11 is 1.80. The van der Waals surface area contributed by atoms with E-state index < -0.39 is 0 Å². The normalized spacial score (nSPS) is 24.6. The number of nitrogens with zero attached hydrogens (tertiary/aromatic N) is 1. The SMILES string of the molecule is CNCC1(Cc2nc(C(C)(C)C)cs2)CCCOC1. The van der Waals surface area contributed by atoms with Gasteiger partial charge in [-0.2, -0.15) is 0 Å². The summed E-state index contributed by atoms with van der Waals surface area (Å²) in [6.45, 7) is 9.45. The Bertz CT molecular complexity index is 397. The van der Waals surface area contributed by atoms with E-state index in [0.29, 0.717) is 0 Å². The molecule has 1 aliphatic rings. The molecular weight excluding hydrogens is 256 g/mol. The smallest absolute Gasteiger partial charge is 0.0935 e. The Kier molecular flexibility index (Phi) is 4.64. The lowest BCUT2D eigenvalue weighted by Gasteiger charge is -2.36. The first-order chi connectivity index (χ1) is 8.95. The van der Waals surface area contributed by atoms with Gasteiger partial charge in [0, 0.05) is 35.8 Å². The monoisotopic (exact) mass is 282 g/mol. The zero-order chi connectivity index (χ0) is 13.9. The Morgan fingerprint density at radius 3 is 2.79 bits per heavy atom. The molecule has 3 nitrogen and oxygen atoms in total. The minimum atomic E-state index is 0.147. The van der Waals surface area contributed by atoms with Crippen LogP contribution in [0.2, 0.25) is 0 Å².